The third-order valence-corrected chi connectivity index (χ3v) is 4.85. The molecule has 3 N–H and O–H groups in total. The maximum Gasteiger partial charge on any atom is 0.327 e. The number of aliphatic carboxylic acids is 1. The molecule has 2 aliphatic rings. The first-order chi connectivity index (χ1) is 8.10. The van der Waals surface area contributed by atoms with Crippen LogP contribution in [-0.4, -0.2) is 46.1 Å². The Morgan fingerprint density at radius 3 is 2.59 bits per heavy atom. The lowest BCUT2D eigenvalue weighted by Crippen LogP contribution is -2.51. The zero-order valence-corrected chi connectivity index (χ0v) is 10.5. The molecule has 1 amide bonds. The van der Waals surface area contributed by atoms with E-state index in [0.717, 1.165) is 25.7 Å². The highest BCUT2D eigenvalue weighted by molar-refractivity contribution is 7.99. The van der Waals surface area contributed by atoms with Crippen molar-refractivity contribution in [3.8, 4) is 0 Å². The maximum atomic E-state index is 12.5. The van der Waals surface area contributed by atoms with Gasteiger partial charge in [-0.2, -0.15) is 0 Å². The molecule has 1 aliphatic carbocycles. The topological polar surface area (TPSA) is 83.6 Å². The van der Waals surface area contributed by atoms with E-state index >= 15 is 0 Å². The SMILES string of the molecule is NCC1(C(=O)N2CSCC2C(=O)O)CCCC1. The predicted molar refractivity (Wildman–Crippen MR) is 65.6 cm³/mol. The second-order valence-electron chi connectivity index (χ2n) is 4.82. The van der Waals surface area contributed by atoms with Crippen LogP contribution in [0.5, 0.6) is 0 Å². The summed E-state index contributed by atoms with van der Waals surface area (Å²) in [6, 6.07) is -0.670. The molecular formula is C11H18N2O3S. The van der Waals surface area contributed by atoms with Crippen molar-refractivity contribution in [2.45, 2.75) is 31.7 Å². The van der Waals surface area contributed by atoms with Gasteiger partial charge < -0.3 is 15.7 Å². The largest absolute Gasteiger partial charge is 0.480 e. The van der Waals surface area contributed by atoms with Gasteiger partial charge in [-0.05, 0) is 12.8 Å². The Balaban J connectivity index is 2.15. The van der Waals surface area contributed by atoms with Gasteiger partial charge in [0.25, 0.3) is 0 Å². The van der Waals surface area contributed by atoms with Gasteiger partial charge >= 0.3 is 5.97 Å². The van der Waals surface area contributed by atoms with E-state index in [9.17, 15) is 9.59 Å². The van der Waals surface area contributed by atoms with Gasteiger partial charge in [0.15, 0.2) is 0 Å². The molecule has 96 valence electrons. The van der Waals surface area contributed by atoms with E-state index in [1.165, 1.54) is 16.7 Å². The van der Waals surface area contributed by atoms with Crippen molar-refractivity contribution in [2.24, 2.45) is 11.1 Å². The van der Waals surface area contributed by atoms with E-state index in [2.05, 4.69) is 0 Å². The smallest absolute Gasteiger partial charge is 0.327 e. The number of nitrogens with two attached hydrogens (primary N) is 1. The molecule has 0 radical (unpaired) electrons. The summed E-state index contributed by atoms with van der Waals surface area (Å²) in [7, 11) is 0. The van der Waals surface area contributed by atoms with Crippen LogP contribution >= 0.6 is 11.8 Å². The van der Waals surface area contributed by atoms with Crippen LogP contribution in [0.1, 0.15) is 25.7 Å². The van der Waals surface area contributed by atoms with Gasteiger partial charge in [0.05, 0.1) is 11.3 Å². The van der Waals surface area contributed by atoms with Gasteiger partial charge in [-0.25, -0.2) is 4.79 Å². The predicted octanol–water partition coefficient (Wildman–Crippen LogP) is 0.492. The Kier molecular flexibility index (Phi) is 3.63. The van der Waals surface area contributed by atoms with E-state index in [1.807, 2.05) is 0 Å². The fraction of sp³-hybridized carbons (Fsp3) is 0.818. The Hall–Kier alpha value is -0.750. The van der Waals surface area contributed by atoms with Crippen LogP contribution in [0, 0.1) is 5.41 Å². The summed E-state index contributed by atoms with van der Waals surface area (Å²) >= 11 is 1.50. The summed E-state index contributed by atoms with van der Waals surface area (Å²) < 4.78 is 0. The van der Waals surface area contributed by atoms with Crippen molar-refractivity contribution >= 4 is 23.6 Å². The number of carbonyl (C=O) groups excluding carboxylic acids is 1. The molecule has 1 saturated heterocycles. The molecule has 17 heavy (non-hydrogen) atoms. The minimum Gasteiger partial charge on any atom is -0.480 e. The normalized spacial score (nSPS) is 27.4. The van der Waals surface area contributed by atoms with E-state index in [4.69, 9.17) is 10.8 Å². The highest BCUT2D eigenvalue weighted by atomic mass is 32.2. The zero-order chi connectivity index (χ0) is 12.5. The van der Waals surface area contributed by atoms with Crippen molar-refractivity contribution in [1.29, 1.82) is 0 Å². The number of rotatable bonds is 3. The van der Waals surface area contributed by atoms with Gasteiger partial charge in [0.1, 0.15) is 6.04 Å². The van der Waals surface area contributed by atoms with Crippen molar-refractivity contribution in [1.82, 2.24) is 4.90 Å². The quantitative estimate of drug-likeness (QED) is 0.770. The lowest BCUT2D eigenvalue weighted by atomic mass is 9.84. The van der Waals surface area contributed by atoms with Crippen LogP contribution in [0.25, 0.3) is 0 Å². The van der Waals surface area contributed by atoms with E-state index in [-0.39, 0.29) is 5.91 Å². The van der Waals surface area contributed by atoms with Gasteiger partial charge in [0, 0.05) is 12.3 Å². The molecule has 1 heterocycles. The number of carboxylic acids is 1. The van der Waals surface area contributed by atoms with Crippen LogP contribution in [0.15, 0.2) is 0 Å². The molecule has 5 nitrogen and oxygen atoms in total. The molecule has 0 spiro atoms. The third-order valence-electron chi connectivity index (χ3n) is 3.83. The first kappa shape index (κ1) is 12.7. The lowest BCUT2D eigenvalue weighted by molar-refractivity contribution is -0.152. The van der Waals surface area contributed by atoms with Gasteiger partial charge in [-0.15, -0.1) is 11.8 Å². The number of nitrogens with zero attached hydrogens (tertiary/aromatic N) is 1. The van der Waals surface area contributed by atoms with Crippen LogP contribution < -0.4 is 5.73 Å². The Labute approximate surface area is 105 Å². The van der Waals surface area contributed by atoms with E-state index in [0.29, 0.717) is 18.2 Å². The molecule has 0 aromatic rings. The summed E-state index contributed by atoms with van der Waals surface area (Å²) in [5.41, 5.74) is 5.27. The van der Waals surface area contributed by atoms with Crippen molar-refractivity contribution in [3.63, 3.8) is 0 Å². The molecule has 1 unspecified atom stereocenters. The van der Waals surface area contributed by atoms with Crippen LogP contribution in [0.2, 0.25) is 0 Å². The highest BCUT2D eigenvalue weighted by Crippen LogP contribution is 2.40. The van der Waals surface area contributed by atoms with Crippen LogP contribution in [0.3, 0.4) is 0 Å². The molecule has 6 heteroatoms. The number of thioether (sulfide) groups is 1. The Morgan fingerprint density at radius 2 is 2.06 bits per heavy atom. The van der Waals surface area contributed by atoms with Crippen LogP contribution in [0.4, 0.5) is 0 Å². The minimum atomic E-state index is -0.909. The molecule has 1 atom stereocenters. The fourth-order valence-corrected chi connectivity index (χ4v) is 3.85. The number of carboxylic acid groups (broad SMARTS) is 1. The highest BCUT2D eigenvalue weighted by Gasteiger charge is 2.46. The summed E-state index contributed by atoms with van der Waals surface area (Å²) in [5.74, 6) is 0.0163. The zero-order valence-electron chi connectivity index (χ0n) is 9.72. The van der Waals surface area contributed by atoms with Crippen molar-refractivity contribution in [2.75, 3.05) is 18.2 Å². The molecule has 0 bridgehead atoms. The standard InChI is InChI=1S/C11H18N2O3S/c12-6-11(3-1-2-4-11)10(16)13-7-17-5-8(13)9(14)15/h8H,1-7,12H2,(H,14,15). The summed E-state index contributed by atoms with van der Waals surface area (Å²) in [4.78, 5) is 25.1. The second kappa shape index (κ2) is 4.86. The number of hydrogen-bond acceptors (Lipinski definition) is 4. The van der Waals surface area contributed by atoms with Gasteiger partial charge in [-0.1, -0.05) is 12.8 Å². The minimum absolute atomic E-state index is 0.0464. The average Bonchev–Trinajstić information content (AvgIpc) is 2.98. The summed E-state index contributed by atoms with van der Waals surface area (Å²) in [6.45, 7) is 0.333. The molecule has 1 aliphatic heterocycles. The Bertz CT molecular complexity index is 329. The Morgan fingerprint density at radius 1 is 1.41 bits per heavy atom. The monoisotopic (exact) mass is 258 g/mol. The second-order valence-corrected chi connectivity index (χ2v) is 5.82. The summed E-state index contributed by atoms with van der Waals surface area (Å²) in [6.07, 6.45) is 3.63. The third kappa shape index (κ3) is 2.15. The van der Waals surface area contributed by atoms with E-state index < -0.39 is 17.4 Å². The van der Waals surface area contributed by atoms with Gasteiger partial charge in [-0.3, -0.25) is 4.79 Å². The number of hydrogen-bond donors (Lipinski definition) is 2. The molecule has 1 saturated carbocycles. The first-order valence-corrected chi connectivity index (χ1v) is 7.08. The number of carbonyl (C=O) groups is 2. The lowest BCUT2D eigenvalue weighted by Gasteiger charge is -2.32. The van der Waals surface area contributed by atoms with Crippen molar-refractivity contribution < 1.29 is 14.7 Å². The molecule has 2 fully saturated rings. The molecule has 0 aromatic heterocycles. The molecule has 0 aromatic carbocycles. The fourth-order valence-electron chi connectivity index (χ4n) is 2.71. The maximum absolute atomic E-state index is 12.5. The van der Waals surface area contributed by atoms with Crippen LogP contribution in [-0.2, 0) is 9.59 Å². The summed E-state index contributed by atoms with van der Waals surface area (Å²) in [5, 5.41) is 9.09. The van der Waals surface area contributed by atoms with Gasteiger partial charge in [0.2, 0.25) is 5.91 Å². The number of amides is 1. The first-order valence-electron chi connectivity index (χ1n) is 5.92. The van der Waals surface area contributed by atoms with E-state index in [1.54, 1.807) is 0 Å². The van der Waals surface area contributed by atoms with Crippen molar-refractivity contribution in [3.05, 3.63) is 0 Å². The average molecular weight is 258 g/mol. The molecule has 2 rings (SSSR count). The molecular weight excluding hydrogens is 240 g/mol.